The van der Waals surface area contributed by atoms with Crippen LogP contribution in [0.5, 0.6) is 0 Å². The van der Waals surface area contributed by atoms with Crippen molar-refractivity contribution in [2.24, 2.45) is 11.8 Å². The van der Waals surface area contributed by atoms with E-state index in [1.165, 1.54) is 4.88 Å². The van der Waals surface area contributed by atoms with E-state index in [4.69, 9.17) is 10.2 Å². The summed E-state index contributed by atoms with van der Waals surface area (Å²) < 4.78 is 0. The Morgan fingerprint density at radius 1 is 1.35 bits per heavy atom. The third-order valence-corrected chi connectivity index (χ3v) is 5.80. The number of carbonyl (C=O) groups is 1. The third-order valence-electron chi connectivity index (χ3n) is 4.59. The highest BCUT2D eigenvalue weighted by Gasteiger charge is 2.36. The highest BCUT2D eigenvalue weighted by atomic mass is 32.1. The van der Waals surface area contributed by atoms with Crippen LogP contribution in [0, 0.1) is 23.2 Å². The minimum atomic E-state index is 0.0227. The number of nitriles is 1. The lowest BCUT2D eigenvalue weighted by molar-refractivity contribution is -0.141. The molecule has 1 unspecified atom stereocenters. The average Bonchev–Trinajstić information content (AvgIpc) is 2.97. The van der Waals surface area contributed by atoms with E-state index in [1.807, 2.05) is 17.0 Å². The van der Waals surface area contributed by atoms with Gasteiger partial charge in [0.25, 0.3) is 0 Å². The number of thiazole rings is 1. The van der Waals surface area contributed by atoms with Gasteiger partial charge in [-0.1, -0.05) is 0 Å². The topological polar surface area (TPSA) is 69.9 Å². The molecule has 2 aromatic heterocycles. The van der Waals surface area contributed by atoms with Gasteiger partial charge in [0, 0.05) is 48.3 Å². The van der Waals surface area contributed by atoms with Crippen LogP contribution >= 0.6 is 11.3 Å². The molecule has 1 aliphatic heterocycles. The van der Waals surface area contributed by atoms with Gasteiger partial charge >= 0.3 is 0 Å². The fraction of sp³-hybridized carbons (Fsp3) is 0.412. The van der Waals surface area contributed by atoms with Gasteiger partial charge in [-0.15, -0.1) is 11.3 Å². The number of rotatable bonds is 2. The Balaban J connectivity index is 1.49. The lowest BCUT2D eigenvalue weighted by Crippen LogP contribution is -2.52. The number of pyridine rings is 1. The summed E-state index contributed by atoms with van der Waals surface area (Å²) >= 11 is 1.73. The summed E-state index contributed by atoms with van der Waals surface area (Å²) in [7, 11) is 0. The standard InChI is InChI=1S/C17H16N4OS/c18-8-11-9-21(10-11)17(22)13-1-2-15-14(7-13)20-16(23-15)12-3-5-19-6-4-12/h3-6,11,13H,1-2,7,9-10H2. The Morgan fingerprint density at radius 3 is 2.87 bits per heavy atom. The fourth-order valence-corrected chi connectivity index (χ4v) is 4.32. The molecule has 23 heavy (non-hydrogen) atoms. The number of aromatic nitrogens is 2. The predicted octanol–water partition coefficient (Wildman–Crippen LogP) is 2.29. The number of aryl methyl sites for hydroxylation is 1. The highest BCUT2D eigenvalue weighted by Crippen LogP contribution is 2.35. The molecule has 1 atom stereocenters. The van der Waals surface area contributed by atoms with E-state index in [9.17, 15) is 4.79 Å². The monoisotopic (exact) mass is 324 g/mol. The van der Waals surface area contributed by atoms with Crippen molar-refractivity contribution >= 4 is 17.2 Å². The number of hydrogen-bond acceptors (Lipinski definition) is 5. The first-order valence-electron chi connectivity index (χ1n) is 7.82. The van der Waals surface area contributed by atoms with Crippen molar-refractivity contribution in [3.05, 3.63) is 35.1 Å². The SMILES string of the molecule is N#CC1CN(C(=O)C2CCc3sc(-c4ccncc4)nc3C2)C1. The summed E-state index contributed by atoms with van der Waals surface area (Å²) in [6.45, 7) is 1.19. The lowest BCUT2D eigenvalue weighted by atomic mass is 9.88. The number of hydrogen-bond donors (Lipinski definition) is 0. The van der Waals surface area contributed by atoms with Crippen LogP contribution in [0.25, 0.3) is 10.6 Å². The van der Waals surface area contributed by atoms with Crippen molar-refractivity contribution < 1.29 is 4.79 Å². The van der Waals surface area contributed by atoms with Gasteiger partial charge in [-0.25, -0.2) is 4.98 Å². The second-order valence-electron chi connectivity index (χ2n) is 6.13. The Labute approximate surface area is 138 Å². The smallest absolute Gasteiger partial charge is 0.226 e. The van der Waals surface area contributed by atoms with Crippen molar-refractivity contribution in [2.45, 2.75) is 19.3 Å². The Morgan fingerprint density at radius 2 is 2.13 bits per heavy atom. The number of fused-ring (bicyclic) bond motifs is 1. The van der Waals surface area contributed by atoms with Gasteiger partial charge in [0.2, 0.25) is 5.91 Å². The van der Waals surface area contributed by atoms with Gasteiger partial charge in [-0.05, 0) is 25.0 Å². The second kappa shape index (κ2) is 5.74. The molecule has 6 heteroatoms. The molecule has 0 N–H and O–H groups in total. The fourth-order valence-electron chi connectivity index (χ4n) is 3.21. The quantitative estimate of drug-likeness (QED) is 0.850. The summed E-state index contributed by atoms with van der Waals surface area (Å²) in [5.41, 5.74) is 2.16. The van der Waals surface area contributed by atoms with Gasteiger partial charge in [-0.2, -0.15) is 5.26 Å². The van der Waals surface area contributed by atoms with Crippen LogP contribution in [0.3, 0.4) is 0 Å². The minimum Gasteiger partial charge on any atom is -0.340 e. The molecule has 0 aromatic carbocycles. The van der Waals surface area contributed by atoms with Crippen LogP contribution < -0.4 is 0 Å². The first kappa shape index (κ1) is 14.3. The zero-order chi connectivity index (χ0) is 15.8. The van der Waals surface area contributed by atoms with Crippen molar-refractivity contribution in [3.8, 4) is 16.6 Å². The largest absolute Gasteiger partial charge is 0.340 e. The Hall–Kier alpha value is -2.26. The highest BCUT2D eigenvalue weighted by molar-refractivity contribution is 7.15. The maximum Gasteiger partial charge on any atom is 0.226 e. The normalized spacial score (nSPS) is 20.5. The summed E-state index contributed by atoms with van der Waals surface area (Å²) in [4.78, 5) is 24.4. The molecule has 1 amide bonds. The van der Waals surface area contributed by atoms with Crippen LogP contribution in [0.1, 0.15) is 17.0 Å². The third kappa shape index (κ3) is 2.62. The van der Waals surface area contributed by atoms with Gasteiger partial charge in [0.1, 0.15) is 5.01 Å². The summed E-state index contributed by atoms with van der Waals surface area (Å²) in [6.07, 6.45) is 6.08. The predicted molar refractivity (Wildman–Crippen MR) is 86.5 cm³/mol. The van der Waals surface area contributed by atoms with E-state index in [0.29, 0.717) is 13.1 Å². The van der Waals surface area contributed by atoms with Crippen LogP contribution in [-0.4, -0.2) is 33.9 Å². The molecule has 4 rings (SSSR count). The van der Waals surface area contributed by atoms with E-state index in [1.54, 1.807) is 23.7 Å². The van der Waals surface area contributed by atoms with Crippen molar-refractivity contribution in [3.63, 3.8) is 0 Å². The molecule has 0 spiro atoms. The number of amides is 1. The first-order chi connectivity index (χ1) is 11.2. The summed E-state index contributed by atoms with van der Waals surface area (Å²) in [5, 5.41) is 9.85. The van der Waals surface area contributed by atoms with Gasteiger partial charge in [0.05, 0.1) is 17.7 Å². The minimum absolute atomic E-state index is 0.0227. The van der Waals surface area contributed by atoms with Crippen LogP contribution in [0.15, 0.2) is 24.5 Å². The molecule has 0 saturated carbocycles. The van der Waals surface area contributed by atoms with Gasteiger partial charge < -0.3 is 4.90 Å². The van der Waals surface area contributed by atoms with Gasteiger partial charge in [0.15, 0.2) is 0 Å². The molecular formula is C17H16N4OS. The van der Waals surface area contributed by atoms with Crippen LogP contribution in [0.2, 0.25) is 0 Å². The van der Waals surface area contributed by atoms with Gasteiger partial charge in [-0.3, -0.25) is 9.78 Å². The zero-order valence-electron chi connectivity index (χ0n) is 12.6. The van der Waals surface area contributed by atoms with Crippen molar-refractivity contribution in [1.82, 2.24) is 14.9 Å². The molecular weight excluding hydrogens is 308 g/mol. The molecule has 1 saturated heterocycles. The molecule has 116 valence electrons. The molecule has 0 bridgehead atoms. The molecule has 2 aromatic rings. The van der Waals surface area contributed by atoms with Crippen LogP contribution in [0.4, 0.5) is 0 Å². The molecule has 0 radical (unpaired) electrons. The lowest BCUT2D eigenvalue weighted by Gasteiger charge is -2.38. The number of carbonyl (C=O) groups excluding carboxylic acids is 1. The van der Waals surface area contributed by atoms with Crippen molar-refractivity contribution in [1.29, 1.82) is 5.26 Å². The maximum atomic E-state index is 12.5. The van der Waals surface area contributed by atoms with E-state index in [-0.39, 0.29) is 17.7 Å². The number of nitrogens with zero attached hydrogens (tertiary/aromatic N) is 4. The second-order valence-corrected chi connectivity index (χ2v) is 7.22. The molecule has 1 aliphatic carbocycles. The van der Waals surface area contributed by atoms with E-state index in [2.05, 4.69) is 11.1 Å². The van der Waals surface area contributed by atoms with E-state index in [0.717, 1.165) is 35.5 Å². The van der Waals surface area contributed by atoms with Crippen molar-refractivity contribution in [2.75, 3.05) is 13.1 Å². The maximum absolute atomic E-state index is 12.5. The zero-order valence-corrected chi connectivity index (χ0v) is 13.4. The molecule has 5 nitrogen and oxygen atoms in total. The summed E-state index contributed by atoms with van der Waals surface area (Å²) in [6, 6.07) is 6.15. The summed E-state index contributed by atoms with van der Waals surface area (Å²) in [5.74, 6) is 0.241. The molecule has 3 heterocycles. The molecule has 1 fully saturated rings. The Kier molecular flexibility index (Phi) is 3.58. The van der Waals surface area contributed by atoms with E-state index >= 15 is 0 Å². The Bertz CT molecular complexity index is 774. The average molecular weight is 324 g/mol. The van der Waals surface area contributed by atoms with Crippen LogP contribution in [-0.2, 0) is 17.6 Å². The molecule has 2 aliphatic rings. The first-order valence-corrected chi connectivity index (χ1v) is 8.63. The number of likely N-dealkylation sites (tertiary alicyclic amines) is 1. The van der Waals surface area contributed by atoms with E-state index < -0.39 is 0 Å².